The maximum Gasteiger partial charge on any atom is 0.253 e. The molecule has 120 valence electrons. The van der Waals surface area contributed by atoms with Crippen molar-refractivity contribution in [2.24, 2.45) is 5.41 Å². The summed E-state index contributed by atoms with van der Waals surface area (Å²) in [7, 11) is 0. The molecule has 1 aromatic carbocycles. The van der Waals surface area contributed by atoms with Crippen LogP contribution in [-0.2, 0) is 17.8 Å². The van der Waals surface area contributed by atoms with Crippen molar-refractivity contribution in [1.82, 2.24) is 10.2 Å². The lowest BCUT2D eigenvalue weighted by molar-refractivity contribution is 0.0191. The van der Waals surface area contributed by atoms with E-state index in [0.717, 1.165) is 64.2 Å². The van der Waals surface area contributed by atoms with E-state index in [9.17, 15) is 4.79 Å². The molecule has 4 rings (SSSR count). The first kappa shape index (κ1) is 15.8. The highest BCUT2D eigenvalue weighted by molar-refractivity contribution is 5.94. The number of ether oxygens (including phenoxy) is 1. The third-order valence-corrected chi connectivity index (χ3v) is 5.36. The van der Waals surface area contributed by atoms with Crippen molar-refractivity contribution < 1.29 is 9.53 Å². The van der Waals surface area contributed by atoms with Crippen LogP contribution in [0.3, 0.4) is 0 Å². The highest BCUT2D eigenvalue weighted by atomic mass is 35.5. The van der Waals surface area contributed by atoms with Gasteiger partial charge < -0.3 is 15.0 Å². The molecule has 0 bridgehead atoms. The predicted octanol–water partition coefficient (Wildman–Crippen LogP) is 2.35. The average Bonchev–Trinajstić information content (AvgIpc) is 3.14. The Morgan fingerprint density at radius 2 is 1.91 bits per heavy atom. The lowest BCUT2D eigenvalue weighted by Gasteiger charge is -2.33. The Hall–Kier alpha value is -1.10. The molecule has 0 saturated carbocycles. The molecule has 0 aromatic heterocycles. The molecule has 0 atom stereocenters. The monoisotopic (exact) mass is 322 g/mol. The van der Waals surface area contributed by atoms with Crippen LogP contribution in [0.2, 0.25) is 0 Å². The second kappa shape index (κ2) is 6.19. The average molecular weight is 323 g/mol. The Balaban J connectivity index is 0.00000144. The first-order valence-electron chi connectivity index (χ1n) is 7.95. The molecule has 0 aliphatic carbocycles. The lowest BCUT2D eigenvalue weighted by Crippen LogP contribution is -2.35. The minimum Gasteiger partial charge on any atom is -0.381 e. The molecular formula is C17H23ClN2O2. The number of likely N-dealkylation sites (tertiary alicyclic amines) is 1. The van der Waals surface area contributed by atoms with Crippen LogP contribution in [0.25, 0.3) is 0 Å². The van der Waals surface area contributed by atoms with Crippen molar-refractivity contribution in [3.8, 4) is 0 Å². The van der Waals surface area contributed by atoms with Crippen LogP contribution >= 0.6 is 12.4 Å². The Bertz CT molecular complexity index is 570. The first-order valence-corrected chi connectivity index (χ1v) is 7.95. The summed E-state index contributed by atoms with van der Waals surface area (Å²) in [6.45, 7) is 5.33. The summed E-state index contributed by atoms with van der Waals surface area (Å²) in [5.41, 5.74) is 3.78. The van der Waals surface area contributed by atoms with E-state index < -0.39 is 0 Å². The summed E-state index contributed by atoms with van der Waals surface area (Å²) < 4.78 is 5.48. The maximum absolute atomic E-state index is 12.7. The van der Waals surface area contributed by atoms with Crippen LogP contribution in [0.1, 0.15) is 40.7 Å². The van der Waals surface area contributed by atoms with Crippen molar-refractivity contribution in [1.29, 1.82) is 0 Å². The highest BCUT2D eigenvalue weighted by Crippen LogP contribution is 2.40. The van der Waals surface area contributed by atoms with E-state index in [1.807, 2.05) is 6.07 Å². The zero-order chi connectivity index (χ0) is 14.3. The van der Waals surface area contributed by atoms with Gasteiger partial charge in [0.05, 0.1) is 0 Å². The first-order chi connectivity index (χ1) is 10.3. The van der Waals surface area contributed by atoms with Gasteiger partial charge in [0.15, 0.2) is 0 Å². The van der Waals surface area contributed by atoms with Gasteiger partial charge in [-0.3, -0.25) is 4.79 Å². The van der Waals surface area contributed by atoms with E-state index in [0.29, 0.717) is 5.41 Å². The number of fused-ring (bicyclic) bond motifs is 1. The van der Waals surface area contributed by atoms with Gasteiger partial charge in [0.2, 0.25) is 0 Å². The molecule has 3 aliphatic rings. The van der Waals surface area contributed by atoms with Gasteiger partial charge in [0.1, 0.15) is 0 Å². The number of hydrogen-bond acceptors (Lipinski definition) is 3. The summed E-state index contributed by atoms with van der Waals surface area (Å²) in [5.74, 6) is 0.202. The predicted molar refractivity (Wildman–Crippen MR) is 87.2 cm³/mol. The molecule has 2 saturated heterocycles. The zero-order valence-corrected chi connectivity index (χ0v) is 13.6. The topological polar surface area (TPSA) is 41.6 Å². The van der Waals surface area contributed by atoms with E-state index in [1.54, 1.807) is 0 Å². The van der Waals surface area contributed by atoms with Crippen LogP contribution in [0.15, 0.2) is 18.2 Å². The van der Waals surface area contributed by atoms with Gasteiger partial charge in [-0.05, 0) is 47.9 Å². The highest BCUT2D eigenvalue weighted by Gasteiger charge is 2.41. The van der Waals surface area contributed by atoms with Crippen molar-refractivity contribution in [3.05, 3.63) is 34.9 Å². The fourth-order valence-electron chi connectivity index (χ4n) is 3.93. The normalized spacial score (nSPS) is 22.5. The van der Waals surface area contributed by atoms with Gasteiger partial charge in [0.25, 0.3) is 5.91 Å². The Labute approximate surface area is 137 Å². The van der Waals surface area contributed by atoms with Crippen LogP contribution in [0.5, 0.6) is 0 Å². The molecule has 1 spiro atoms. The Morgan fingerprint density at radius 3 is 2.73 bits per heavy atom. The van der Waals surface area contributed by atoms with Crippen molar-refractivity contribution in [3.63, 3.8) is 0 Å². The second-order valence-corrected chi connectivity index (χ2v) is 6.68. The number of carbonyl (C=O) groups is 1. The number of halogens is 1. The summed E-state index contributed by atoms with van der Waals surface area (Å²) in [6, 6.07) is 6.17. The quantitative estimate of drug-likeness (QED) is 0.863. The maximum atomic E-state index is 12.7. The SMILES string of the molecule is Cl.O=C(c1ccc2c(c1)CNC2)N1CCC2(CCOCC2)C1. The Kier molecular flexibility index (Phi) is 4.44. The van der Waals surface area contributed by atoms with Gasteiger partial charge in [-0.1, -0.05) is 6.07 Å². The summed E-state index contributed by atoms with van der Waals surface area (Å²) in [4.78, 5) is 14.8. The van der Waals surface area contributed by atoms with Crippen LogP contribution < -0.4 is 5.32 Å². The number of nitrogens with zero attached hydrogens (tertiary/aromatic N) is 1. The van der Waals surface area contributed by atoms with Gasteiger partial charge in [-0.25, -0.2) is 0 Å². The summed E-state index contributed by atoms with van der Waals surface area (Å²) in [5, 5.41) is 3.33. The molecule has 4 nitrogen and oxygen atoms in total. The standard InChI is InChI=1S/C17H22N2O2.ClH/c20-16(13-1-2-14-10-18-11-15(14)9-13)19-6-3-17(12-19)4-7-21-8-5-17;/h1-2,9,18H,3-8,10-12H2;1H. The smallest absolute Gasteiger partial charge is 0.253 e. The molecule has 1 aromatic rings. The number of benzene rings is 1. The van der Waals surface area contributed by atoms with E-state index in [-0.39, 0.29) is 18.3 Å². The van der Waals surface area contributed by atoms with Gasteiger partial charge in [-0.2, -0.15) is 0 Å². The largest absolute Gasteiger partial charge is 0.381 e. The molecular weight excluding hydrogens is 300 g/mol. The van der Waals surface area contributed by atoms with Crippen molar-refractivity contribution in [2.45, 2.75) is 32.4 Å². The fraction of sp³-hybridized carbons (Fsp3) is 0.588. The molecule has 2 fully saturated rings. The summed E-state index contributed by atoms with van der Waals surface area (Å²) >= 11 is 0. The molecule has 1 N–H and O–H groups in total. The van der Waals surface area contributed by atoms with E-state index in [2.05, 4.69) is 22.3 Å². The minimum atomic E-state index is 0. The van der Waals surface area contributed by atoms with E-state index >= 15 is 0 Å². The van der Waals surface area contributed by atoms with Crippen LogP contribution in [0, 0.1) is 5.41 Å². The third-order valence-electron chi connectivity index (χ3n) is 5.36. The van der Waals surface area contributed by atoms with Gasteiger partial charge in [0, 0.05) is 45.0 Å². The number of hydrogen-bond donors (Lipinski definition) is 1. The van der Waals surface area contributed by atoms with Crippen LogP contribution in [0.4, 0.5) is 0 Å². The Morgan fingerprint density at radius 1 is 1.14 bits per heavy atom. The van der Waals surface area contributed by atoms with Crippen LogP contribution in [-0.4, -0.2) is 37.1 Å². The molecule has 3 aliphatic heterocycles. The second-order valence-electron chi connectivity index (χ2n) is 6.68. The molecule has 0 unspecified atom stereocenters. The summed E-state index contributed by atoms with van der Waals surface area (Å²) in [6.07, 6.45) is 3.34. The zero-order valence-electron chi connectivity index (χ0n) is 12.8. The molecule has 22 heavy (non-hydrogen) atoms. The van der Waals surface area contributed by atoms with E-state index in [4.69, 9.17) is 4.74 Å². The lowest BCUT2D eigenvalue weighted by atomic mass is 9.80. The van der Waals surface area contributed by atoms with Crippen molar-refractivity contribution >= 4 is 18.3 Å². The third kappa shape index (κ3) is 2.75. The molecule has 1 amide bonds. The molecule has 5 heteroatoms. The molecule has 0 radical (unpaired) electrons. The minimum absolute atomic E-state index is 0. The number of nitrogens with one attached hydrogen (secondary N) is 1. The van der Waals surface area contributed by atoms with Gasteiger partial charge in [-0.15, -0.1) is 12.4 Å². The fourth-order valence-corrected chi connectivity index (χ4v) is 3.93. The molecule has 3 heterocycles. The number of rotatable bonds is 1. The number of amides is 1. The van der Waals surface area contributed by atoms with Crippen molar-refractivity contribution in [2.75, 3.05) is 26.3 Å². The number of carbonyl (C=O) groups excluding carboxylic acids is 1. The van der Waals surface area contributed by atoms with E-state index in [1.165, 1.54) is 11.1 Å². The van der Waals surface area contributed by atoms with Gasteiger partial charge >= 0.3 is 0 Å².